The van der Waals surface area contributed by atoms with Crippen LogP contribution in [0.2, 0.25) is 0 Å². The second-order valence-electron chi connectivity index (χ2n) is 3.83. The Hall–Kier alpha value is -0.0900. The van der Waals surface area contributed by atoms with E-state index in [4.69, 9.17) is 4.55 Å². The molecule has 0 fully saturated rings. The molecule has 0 bridgehead atoms. The third-order valence-electron chi connectivity index (χ3n) is 1.60. The van der Waals surface area contributed by atoms with Crippen molar-refractivity contribution in [3.8, 4) is 0 Å². The van der Waals surface area contributed by atoms with Gasteiger partial charge in [0.2, 0.25) is 0 Å². The summed E-state index contributed by atoms with van der Waals surface area (Å²) in [5.74, 6) is 0.270. The minimum absolute atomic E-state index is 0.270. The van der Waals surface area contributed by atoms with Crippen molar-refractivity contribution in [1.29, 1.82) is 0 Å². The largest absolute Gasteiger partial charge is 0.285 e. The predicted octanol–water partition coefficient (Wildman–Crippen LogP) is 1.70. The zero-order valence-corrected chi connectivity index (χ0v) is 8.27. The van der Waals surface area contributed by atoms with Gasteiger partial charge in [-0.3, -0.25) is 4.55 Å². The Morgan fingerprint density at radius 3 is 1.82 bits per heavy atom. The van der Waals surface area contributed by atoms with Gasteiger partial charge in [-0.15, -0.1) is 0 Å². The molecule has 0 spiro atoms. The summed E-state index contributed by atoms with van der Waals surface area (Å²) in [6, 6.07) is 0. The molecule has 0 unspecified atom stereocenters. The van der Waals surface area contributed by atoms with E-state index in [1.807, 2.05) is 13.8 Å². The van der Waals surface area contributed by atoms with E-state index < -0.39 is 14.9 Å². The van der Waals surface area contributed by atoms with E-state index in [1.54, 1.807) is 0 Å². The summed E-state index contributed by atoms with van der Waals surface area (Å²) in [5.41, 5.74) is 0. The van der Waals surface area contributed by atoms with Gasteiger partial charge in [-0.05, 0) is 26.2 Å². The van der Waals surface area contributed by atoms with Crippen LogP contribution in [0, 0.1) is 5.92 Å². The smallest absolute Gasteiger partial charge is 0.270 e. The molecule has 68 valence electrons. The highest BCUT2D eigenvalue weighted by atomic mass is 32.2. The van der Waals surface area contributed by atoms with Crippen LogP contribution >= 0.6 is 0 Å². The number of hydrogen-bond acceptors (Lipinski definition) is 2. The van der Waals surface area contributed by atoms with E-state index in [2.05, 4.69) is 0 Å². The van der Waals surface area contributed by atoms with Crippen molar-refractivity contribution in [2.45, 2.75) is 38.9 Å². The van der Waals surface area contributed by atoms with Gasteiger partial charge >= 0.3 is 0 Å². The first kappa shape index (κ1) is 10.9. The van der Waals surface area contributed by atoms with Gasteiger partial charge < -0.3 is 0 Å². The first-order valence-electron chi connectivity index (χ1n) is 3.64. The molecule has 0 radical (unpaired) electrons. The maximum absolute atomic E-state index is 10.7. The zero-order valence-electron chi connectivity index (χ0n) is 7.46. The standard InChI is InChI=1S/C7H16O3S/c1-6(2)5-7(3,4)11(8,9)10/h6H,5H2,1-4H3,(H,8,9,10). The van der Waals surface area contributed by atoms with Gasteiger partial charge in [0.05, 0.1) is 4.75 Å². The molecule has 0 aliphatic carbocycles. The van der Waals surface area contributed by atoms with Crippen molar-refractivity contribution in [3.05, 3.63) is 0 Å². The summed E-state index contributed by atoms with van der Waals surface area (Å²) in [4.78, 5) is 0. The summed E-state index contributed by atoms with van der Waals surface area (Å²) in [5, 5.41) is 0. The Bertz CT molecular complexity index is 214. The molecule has 1 N–H and O–H groups in total. The predicted molar refractivity (Wildman–Crippen MR) is 45.1 cm³/mol. The van der Waals surface area contributed by atoms with Crippen LogP contribution in [0.5, 0.6) is 0 Å². The second kappa shape index (κ2) is 3.11. The molecule has 0 saturated heterocycles. The molecule has 4 heteroatoms. The van der Waals surface area contributed by atoms with Crippen LogP contribution in [0.1, 0.15) is 34.1 Å². The fourth-order valence-corrected chi connectivity index (χ4v) is 1.63. The lowest BCUT2D eigenvalue weighted by molar-refractivity contribution is 0.404. The summed E-state index contributed by atoms with van der Waals surface area (Å²) < 4.78 is 29.2. The molecular formula is C7H16O3S. The first-order chi connectivity index (χ1) is 4.67. The van der Waals surface area contributed by atoms with Gasteiger partial charge in [0.1, 0.15) is 0 Å². The topological polar surface area (TPSA) is 54.4 Å². The average Bonchev–Trinajstić information content (AvgIpc) is 1.56. The van der Waals surface area contributed by atoms with Crippen molar-refractivity contribution >= 4 is 10.1 Å². The molecule has 3 nitrogen and oxygen atoms in total. The Morgan fingerprint density at radius 1 is 1.36 bits per heavy atom. The molecule has 0 aliphatic heterocycles. The Labute approximate surface area is 68.6 Å². The van der Waals surface area contributed by atoms with Crippen LogP contribution in [0.3, 0.4) is 0 Å². The second-order valence-corrected chi connectivity index (χ2v) is 5.89. The van der Waals surface area contributed by atoms with Gasteiger partial charge in [-0.2, -0.15) is 8.42 Å². The van der Waals surface area contributed by atoms with Gasteiger partial charge in [0.25, 0.3) is 10.1 Å². The molecule has 0 rings (SSSR count). The van der Waals surface area contributed by atoms with Crippen molar-refractivity contribution in [3.63, 3.8) is 0 Å². The third kappa shape index (κ3) is 3.20. The minimum Gasteiger partial charge on any atom is -0.285 e. The summed E-state index contributed by atoms with van der Waals surface area (Å²) in [7, 11) is -3.90. The minimum atomic E-state index is -3.90. The van der Waals surface area contributed by atoms with E-state index >= 15 is 0 Å². The molecule has 0 heterocycles. The average molecular weight is 180 g/mol. The van der Waals surface area contributed by atoms with Crippen LogP contribution in [0.15, 0.2) is 0 Å². The Kier molecular flexibility index (Phi) is 3.08. The van der Waals surface area contributed by atoms with Crippen LogP contribution in [-0.2, 0) is 10.1 Å². The monoisotopic (exact) mass is 180 g/mol. The van der Waals surface area contributed by atoms with Crippen LogP contribution in [-0.4, -0.2) is 17.7 Å². The van der Waals surface area contributed by atoms with Crippen LogP contribution in [0.25, 0.3) is 0 Å². The summed E-state index contributed by atoms with van der Waals surface area (Å²) >= 11 is 0. The molecule has 0 atom stereocenters. The van der Waals surface area contributed by atoms with Gasteiger partial charge in [0.15, 0.2) is 0 Å². The maximum atomic E-state index is 10.7. The SMILES string of the molecule is CC(C)CC(C)(C)S(=O)(=O)O. The summed E-state index contributed by atoms with van der Waals surface area (Å²) in [6.07, 6.45) is 0.478. The highest BCUT2D eigenvalue weighted by Crippen LogP contribution is 2.23. The fourth-order valence-electron chi connectivity index (χ4n) is 1.09. The van der Waals surface area contributed by atoms with Gasteiger partial charge in [0, 0.05) is 0 Å². The molecule has 0 saturated carbocycles. The quantitative estimate of drug-likeness (QED) is 0.672. The third-order valence-corrected chi connectivity index (χ3v) is 3.16. The highest BCUT2D eigenvalue weighted by Gasteiger charge is 2.32. The molecule has 0 aromatic heterocycles. The Balaban J connectivity index is 4.49. The fraction of sp³-hybridized carbons (Fsp3) is 1.00. The van der Waals surface area contributed by atoms with E-state index in [-0.39, 0.29) is 5.92 Å². The maximum Gasteiger partial charge on any atom is 0.270 e. The molecule has 0 aliphatic rings. The number of rotatable bonds is 3. The van der Waals surface area contributed by atoms with Gasteiger partial charge in [-0.25, -0.2) is 0 Å². The molecular weight excluding hydrogens is 164 g/mol. The van der Waals surface area contributed by atoms with Crippen LogP contribution < -0.4 is 0 Å². The highest BCUT2D eigenvalue weighted by molar-refractivity contribution is 7.87. The molecule has 11 heavy (non-hydrogen) atoms. The van der Waals surface area contributed by atoms with Crippen molar-refractivity contribution in [1.82, 2.24) is 0 Å². The van der Waals surface area contributed by atoms with Crippen LogP contribution in [0.4, 0.5) is 0 Å². The van der Waals surface area contributed by atoms with Crippen molar-refractivity contribution < 1.29 is 13.0 Å². The Morgan fingerprint density at radius 2 is 1.73 bits per heavy atom. The lowest BCUT2D eigenvalue weighted by Crippen LogP contribution is -2.32. The van der Waals surface area contributed by atoms with E-state index in [1.165, 1.54) is 13.8 Å². The van der Waals surface area contributed by atoms with E-state index in [0.29, 0.717) is 6.42 Å². The van der Waals surface area contributed by atoms with Crippen molar-refractivity contribution in [2.24, 2.45) is 5.92 Å². The lowest BCUT2D eigenvalue weighted by Gasteiger charge is -2.22. The van der Waals surface area contributed by atoms with Crippen molar-refractivity contribution in [2.75, 3.05) is 0 Å². The zero-order chi connectivity index (χ0) is 9.28. The molecule has 0 aromatic rings. The van der Waals surface area contributed by atoms with Gasteiger partial charge in [-0.1, -0.05) is 13.8 Å². The normalized spacial score (nSPS) is 14.0. The molecule has 0 aromatic carbocycles. The first-order valence-corrected chi connectivity index (χ1v) is 5.08. The van der Waals surface area contributed by atoms with E-state index in [9.17, 15) is 8.42 Å². The number of hydrogen-bond donors (Lipinski definition) is 1. The summed E-state index contributed by atoms with van der Waals surface area (Å²) in [6.45, 7) is 6.91. The van der Waals surface area contributed by atoms with E-state index in [0.717, 1.165) is 0 Å². The molecule has 0 amide bonds. The lowest BCUT2D eigenvalue weighted by atomic mass is 10.0.